The highest BCUT2D eigenvalue weighted by Crippen LogP contribution is 2.25. The van der Waals surface area contributed by atoms with Gasteiger partial charge < -0.3 is 10.4 Å². The van der Waals surface area contributed by atoms with Gasteiger partial charge in [-0.2, -0.15) is 0 Å². The molecular formula is C15H16FNO2. The average Bonchev–Trinajstić information content (AvgIpc) is 2.34. The van der Waals surface area contributed by atoms with Crippen LogP contribution in [-0.2, 0) is 0 Å². The van der Waals surface area contributed by atoms with E-state index in [1.807, 2.05) is 0 Å². The zero-order chi connectivity index (χ0) is 13.7. The van der Waals surface area contributed by atoms with E-state index < -0.39 is 5.82 Å². The van der Waals surface area contributed by atoms with E-state index in [2.05, 4.69) is 17.2 Å². The maximum atomic E-state index is 13.2. The van der Waals surface area contributed by atoms with Crippen LogP contribution in [0.1, 0.15) is 35.2 Å². The van der Waals surface area contributed by atoms with Crippen molar-refractivity contribution in [3.8, 4) is 11.8 Å². The fourth-order valence-corrected chi connectivity index (χ4v) is 1.98. The van der Waals surface area contributed by atoms with Crippen molar-refractivity contribution in [1.82, 2.24) is 5.32 Å². The Morgan fingerprint density at radius 2 is 2.26 bits per heavy atom. The Bertz CT molecular complexity index is 527. The molecule has 2 N–H and O–H groups in total. The Labute approximate surface area is 111 Å². The topological polar surface area (TPSA) is 49.3 Å². The van der Waals surface area contributed by atoms with Gasteiger partial charge in [0.15, 0.2) is 0 Å². The van der Waals surface area contributed by atoms with E-state index in [1.165, 1.54) is 24.6 Å². The molecule has 2 rings (SSSR count). The molecule has 0 aliphatic heterocycles. The summed E-state index contributed by atoms with van der Waals surface area (Å²) in [5.41, 5.74) is 0.654. The molecule has 0 atom stereocenters. The van der Waals surface area contributed by atoms with Crippen LogP contribution < -0.4 is 5.32 Å². The first-order valence-corrected chi connectivity index (χ1v) is 6.38. The highest BCUT2D eigenvalue weighted by molar-refractivity contribution is 5.96. The van der Waals surface area contributed by atoms with Crippen LogP contribution in [0.2, 0.25) is 0 Å². The van der Waals surface area contributed by atoms with Crippen molar-refractivity contribution in [3.63, 3.8) is 0 Å². The van der Waals surface area contributed by atoms with Crippen molar-refractivity contribution in [2.45, 2.75) is 19.3 Å². The molecule has 0 saturated heterocycles. The fourth-order valence-electron chi connectivity index (χ4n) is 1.98. The van der Waals surface area contributed by atoms with Gasteiger partial charge in [-0.15, -0.1) is 0 Å². The van der Waals surface area contributed by atoms with E-state index >= 15 is 0 Å². The Balaban J connectivity index is 2.10. The summed E-state index contributed by atoms with van der Waals surface area (Å²) in [6.45, 7) is 0.336. The van der Waals surface area contributed by atoms with Crippen LogP contribution in [0.3, 0.4) is 0 Å². The van der Waals surface area contributed by atoms with E-state index in [0.717, 1.165) is 12.8 Å². The normalized spacial score (nSPS) is 14.2. The van der Waals surface area contributed by atoms with Gasteiger partial charge in [-0.25, -0.2) is 4.39 Å². The molecule has 1 fully saturated rings. The zero-order valence-corrected chi connectivity index (χ0v) is 10.6. The molecule has 0 aromatic heterocycles. The van der Waals surface area contributed by atoms with Gasteiger partial charge >= 0.3 is 0 Å². The third-order valence-corrected chi connectivity index (χ3v) is 3.30. The summed E-state index contributed by atoms with van der Waals surface area (Å²) >= 11 is 0. The van der Waals surface area contributed by atoms with Gasteiger partial charge in [0.2, 0.25) is 0 Å². The summed E-state index contributed by atoms with van der Waals surface area (Å²) in [5.74, 6) is 4.91. The lowest BCUT2D eigenvalue weighted by Crippen LogP contribution is -2.32. The number of amides is 1. The third kappa shape index (κ3) is 3.55. The number of carbonyl (C=O) groups is 1. The third-order valence-electron chi connectivity index (χ3n) is 3.30. The highest BCUT2D eigenvalue weighted by Gasteiger charge is 2.19. The van der Waals surface area contributed by atoms with Crippen LogP contribution in [-0.4, -0.2) is 24.2 Å². The van der Waals surface area contributed by atoms with Crippen LogP contribution in [0, 0.1) is 23.6 Å². The number of hydrogen-bond donors (Lipinski definition) is 2. The Morgan fingerprint density at radius 1 is 1.47 bits per heavy atom. The molecule has 1 aromatic rings. The second kappa shape index (κ2) is 6.35. The number of hydrogen-bond acceptors (Lipinski definition) is 2. The van der Waals surface area contributed by atoms with Crippen molar-refractivity contribution < 1.29 is 14.3 Å². The average molecular weight is 261 g/mol. The molecule has 1 amide bonds. The first-order valence-electron chi connectivity index (χ1n) is 6.38. The van der Waals surface area contributed by atoms with Crippen molar-refractivity contribution in [1.29, 1.82) is 0 Å². The summed E-state index contributed by atoms with van der Waals surface area (Å²) in [6.07, 6.45) is 3.53. The molecule has 0 spiro atoms. The van der Waals surface area contributed by atoms with E-state index in [9.17, 15) is 9.18 Å². The molecule has 0 bridgehead atoms. The zero-order valence-electron chi connectivity index (χ0n) is 10.6. The minimum Gasteiger partial charge on any atom is -0.384 e. The monoisotopic (exact) mass is 261 g/mol. The second-order valence-electron chi connectivity index (χ2n) is 4.66. The Morgan fingerprint density at radius 3 is 2.89 bits per heavy atom. The van der Waals surface area contributed by atoms with Crippen molar-refractivity contribution in [2.75, 3.05) is 13.2 Å². The van der Waals surface area contributed by atoms with Gasteiger partial charge in [-0.05, 0) is 37.0 Å². The second-order valence-corrected chi connectivity index (χ2v) is 4.66. The van der Waals surface area contributed by atoms with Gasteiger partial charge in [0.25, 0.3) is 5.91 Å². The number of benzene rings is 1. The number of nitrogens with one attached hydrogen (secondary N) is 1. The summed E-state index contributed by atoms with van der Waals surface area (Å²) in [4.78, 5) is 12.0. The van der Waals surface area contributed by atoms with Crippen molar-refractivity contribution in [2.24, 2.45) is 5.92 Å². The molecule has 0 radical (unpaired) electrons. The van der Waals surface area contributed by atoms with Crippen LogP contribution in [0.25, 0.3) is 0 Å². The fraction of sp³-hybridized carbons (Fsp3) is 0.400. The standard InChI is InChI=1S/C15H16FNO2/c16-13-6-7-14(12(9-13)5-2-8-18)15(19)17-10-11-3-1-4-11/h6-7,9,11,18H,1,3-4,8,10H2,(H,17,19). The first kappa shape index (κ1) is 13.6. The van der Waals surface area contributed by atoms with Crippen molar-refractivity contribution in [3.05, 3.63) is 35.1 Å². The number of aliphatic hydroxyl groups is 1. The molecule has 0 unspecified atom stereocenters. The quantitative estimate of drug-likeness (QED) is 0.814. The molecule has 4 heteroatoms. The van der Waals surface area contributed by atoms with E-state index in [4.69, 9.17) is 5.11 Å². The van der Waals surface area contributed by atoms with Gasteiger partial charge in [-0.3, -0.25) is 4.79 Å². The minimum atomic E-state index is -0.446. The lowest BCUT2D eigenvalue weighted by Gasteiger charge is -2.25. The molecule has 1 aliphatic rings. The number of halogens is 1. The minimum absolute atomic E-state index is 0.242. The molecule has 0 heterocycles. The smallest absolute Gasteiger partial charge is 0.252 e. The molecule has 1 aromatic carbocycles. The highest BCUT2D eigenvalue weighted by atomic mass is 19.1. The maximum absolute atomic E-state index is 13.2. The summed E-state index contributed by atoms with van der Waals surface area (Å²) in [7, 11) is 0. The van der Waals surface area contributed by atoms with E-state index in [1.54, 1.807) is 0 Å². The number of rotatable bonds is 3. The van der Waals surface area contributed by atoms with E-state index in [-0.39, 0.29) is 12.5 Å². The lowest BCUT2D eigenvalue weighted by atomic mass is 9.85. The lowest BCUT2D eigenvalue weighted by molar-refractivity contribution is 0.0939. The molecule has 100 valence electrons. The predicted molar refractivity (Wildman–Crippen MR) is 70.0 cm³/mol. The Hall–Kier alpha value is -1.86. The number of carbonyl (C=O) groups excluding carboxylic acids is 1. The maximum Gasteiger partial charge on any atom is 0.252 e. The van der Waals surface area contributed by atoms with E-state index in [0.29, 0.717) is 23.6 Å². The largest absolute Gasteiger partial charge is 0.384 e. The first-order chi connectivity index (χ1) is 9.20. The Kier molecular flexibility index (Phi) is 4.53. The van der Waals surface area contributed by atoms with Crippen LogP contribution in [0.4, 0.5) is 4.39 Å². The van der Waals surface area contributed by atoms with Crippen LogP contribution in [0.5, 0.6) is 0 Å². The molecule has 3 nitrogen and oxygen atoms in total. The predicted octanol–water partition coefficient (Wildman–Crippen LogP) is 1.70. The summed E-state index contributed by atoms with van der Waals surface area (Å²) in [6, 6.07) is 3.87. The van der Waals surface area contributed by atoms with Gasteiger partial charge in [0, 0.05) is 12.1 Å². The van der Waals surface area contributed by atoms with Crippen LogP contribution in [0.15, 0.2) is 18.2 Å². The number of aliphatic hydroxyl groups excluding tert-OH is 1. The molecular weight excluding hydrogens is 245 g/mol. The molecule has 1 aliphatic carbocycles. The SMILES string of the molecule is O=C(NCC1CCC1)c1ccc(F)cc1C#CCO. The summed E-state index contributed by atoms with van der Waals surface area (Å²) in [5, 5.41) is 11.5. The van der Waals surface area contributed by atoms with Gasteiger partial charge in [0.05, 0.1) is 5.56 Å². The van der Waals surface area contributed by atoms with Crippen molar-refractivity contribution >= 4 is 5.91 Å². The molecule has 1 saturated carbocycles. The molecule has 19 heavy (non-hydrogen) atoms. The van der Waals surface area contributed by atoms with Gasteiger partial charge in [0.1, 0.15) is 12.4 Å². The van der Waals surface area contributed by atoms with Crippen LogP contribution >= 0.6 is 0 Å². The summed E-state index contributed by atoms with van der Waals surface area (Å²) < 4.78 is 13.2. The van der Waals surface area contributed by atoms with Gasteiger partial charge in [-0.1, -0.05) is 18.3 Å².